The molecule has 1 atom stereocenters. The molecule has 1 aliphatic rings. The molecule has 2 amide bonds. The van der Waals surface area contributed by atoms with E-state index in [9.17, 15) is 19.7 Å². The quantitative estimate of drug-likeness (QED) is 0.407. The number of nitrogens with one attached hydrogen (secondary N) is 1. The Morgan fingerprint density at radius 2 is 1.94 bits per heavy atom. The van der Waals surface area contributed by atoms with E-state index in [0.717, 1.165) is 12.8 Å². The zero-order valence-corrected chi connectivity index (χ0v) is 19.7. The van der Waals surface area contributed by atoms with Gasteiger partial charge in [0.05, 0.1) is 28.5 Å². The number of benzene rings is 2. The number of carbonyl (C=O) groups is 2. The third-order valence-electron chi connectivity index (χ3n) is 6.03. The third-order valence-corrected chi connectivity index (χ3v) is 6.03. The zero-order valence-electron chi connectivity index (χ0n) is 19.7. The third kappa shape index (κ3) is 4.70. The molecule has 3 aromatic rings. The van der Waals surface area contributed by atoms with E-state index >= 15 is 0 Å². The fourth-order valence-corrected chi connectivity index (χ4v) is 3.99. The molecule has 0 radical (unpaired) electrons. The topological polar surface area (TPSA) is 132 Å². The molecule has 1 N–H and O–H groups in total. The van der Waals surface area contributed by atoms with Crippen LogP contribution in [-0.2, 0) is 4.79 Å². The highest BCUT2D eigenvalue weighted by atomic mass is 16.6. The van der Waals surface area contributed by atoms with Gasteiger partial charge in [0, 0.05) is 18.2 Å². The smallest absolute Gasteiger partial charge is 0.281 e. The van der Waals surface area contributed by atoms with E-state index in [4.69, 9.17) is 4.74 Å². The summed E-state index contributed by atoms with van der Waals surface area (Å²) >= 11 is 0. The number of amides is 2. The monoisotopic (exact) mass is 478 g/mol. The van der Waals surface area contributed by atoms with Crippen LogP contribution in [-0.4, -0.2) is 50.4 Å². The first-order valence-corrected chi connectivity index (χ1v) is 11.4. The molecular weight excluding hydrogens is 452 g/mol. The van der Waals surface area contributed by atoms with Crippen molar-refractivity contribution in [2.24, 2.45) is 0 Å². The fraction of sp³-hybridized carbons (Fsp3) is 0.333. The molecular formula is C24H26N6O5. The van der Waals surface area contributed by atoms with Crippen molar-refractivity contribution in [2.75, 3.05) is 11.4 Å². The molecule has 4 rings (SSSR count). The predicted molar refractivity (Wildman–Crippen MR) is 128 cm³/mol. The number of anilines is 1. The number of rotatable bonds is 7. The number of hydrogen-bond donors (Lipinski definition) is 1. The van der Waals surface area contributed by atoms with Gasteiger partial charge in [-0.05, 0) is 38.0 Å². The molecule has 0 bridgehead atoms. The lowest BCUT2D eigenvalue weighted by Gasteiger charge is -2.34. The molecule has 1 aliphatic heterocycles. The molecule has 0 aliphatic carbocycles. The highest BCUT2D eigenvalue weighted by Gasteiger charge is 2.36. The largest absolute Gasteiger partial charge is 0.477 e. The van der Waals surface area contributed by atoms with E-state index in [2.05, 4.69) is 15.6 Å². The standard InChI is InChI=1S/C24H26N6O5/c1-4-16(5-2)25-23(31)21-14-28(19-11-6-7-12-20(19)35-21)24(32)22-15(3)29(27-26-22)17-9-8-10-18(13-17)30(33)34/h6-13,16,21H,4-5,14H2,1-3H3,(H,25,31). The van der Waals surface area contributed by atoms with E-state index < -0.39 is 16.9 Å². The lowest BCUT2D eigenvalue weighted by atomic mass is 10.1. The number of non-ortho nitro benzene ring substituents is 1. The molecule has 0 saturated heterocycles. The number of aromatic nitrogens is 3. The first kappa shape index (κ1) is 23.9. The second-order valence-electron chi connectivity index (χ2n) is 8.22. The van der Waals surface area contributed by atoms with Crippen LogP contribution in [0.3, 0.4) is 0 Å². The summed E-state index contributed by atoms with van der Waals surface area (Å²) < 4.78 is 7.31. The van der Waals surface area contributed by atoms with E-state index in [1.165, 1.54) is 27.8 Å². The lowest BCUT2D eigenvalue weighted by Crippen LogP contribution is -2.52. The first-order chi connectivity index (χ1) is 16.8. The van der Waals surface area contributed by atoms with Gasteiger partial charge in [-0.15, -0.1) is 5.10 Å². The Hall–Kier alpha value is -4.28. The summed E-state index contributed by atoms with van der Waals surface area (Å²) in [6.07, 6.45) is 0.684. The van der Waals surface area contributed by atoms with Crippen LogP contribution in [0.2, 0.25) is 0 Å². The lowest BCUT2D eigenvalue weighted by molar-refractivity contribution is -0.384. The van der Waals surface area contributed by atoms with Gasteiger partial charge < -0.3 is 10.1 Å². The van der Waals surface area contributed by atoms with Crippen LogP contribution < -0.4 is 15.0 Å². The van der Waals surface area contributed by atoms with Gasteiger partial charge in [-0.3, -0.25) is 24.6 Å². The Morgan fingerprint density at radius 1 is 1.20 bits per heavy atom. The van der Waals surface area contributed by atoms with Gasteiger partial charge in [-0.25, -0.2) is 4.68 Å². The van der Waals surface area contributed by atoms with Crippen LogP contribution in [0.1, 0.15) is 42.9 Å². The molecule has 35 heavy (non-hydrogen) atoms. The average Bonchev–Trinajstić information content (AvgIpc) is 3.27. The number of fused-ring (bicyclic) bond motifs is 1. The van der Waals surface area contributed by atoms with Crippen molar-refractivity contribution in [1.29, 1.82) is 0 Å². The van der Waals surface area contributed by atoms with E-state index in [1.807, 2.05) is 13.8 Å². The number of nitro groups is 1. The van der Waals surface area contributed by atoms with E-state index in [-0.39, 0.29) is 29.9 Å². The maximum atomic E-state index is 13.6. The molecule has 2 heterocycles. The Balaban J connectivity index is 1.65. The summed E-state index contributed by atoms with van der Waals surface area (Å²) in [5.74, 6) is -0.321. The van der Waals surface area contributed by atoms with Crippen LogP contribution in [0.5, 0.6) is 5.75 Å². The van der Waals surface area contributed by atoms with Gasteiger partial charge in [-0.1, -0.05) is 37.3 Å². The van der Waals surface area contributed by atoms with E-state index in [1.54, 1.807) is 37.3 Å². The number of nitrogens with zero attached hydrogens (tertiary/aromatic N) is 5. The molecule has 0 spiro atoms. The highest BCUT2D eigenvalue weighted by molar-refractivity contribution is 6.07. The van der Waals surface area contributed by atoms with Crippen molar-refractivity contribution in [3.8, 4) is 11.4 Å². The molecule has 1 unspecified atom stereocenters. The van der Waals surface area contributed by atoms with E-state index in [0.29, 0.717) is 22.8 Å². The number of nitro benzene ring substituents is 1. The average molecular weight is 479 g/mol. The minimum atomic E-state index is -0.887. The van der Waals surface area contributed by atoms with Crippen LogP contribution in [0.25, 0.3) is 5.69 Å². The van der Waals surface area contributed by atoms with Gasteiger partial charge >= 0.3 is 0 Å². The second-order valence-corrected chi connectivity index (χ2v) is 8.22. The maximum Gasteiger partial charge on any atom is 0.281 e. The summed E-state index contributed by atoms with van der Waals surface area (Å²) in [6.45, 7) is 5.66. The second kappa shape index (κ2) is 9.92. The van der Waals surface area contributed by atoms with Crippen molar-refractivity contribution in [3.63, 3.8) is 0 Å². The SMILES string of the molecule is CCC(CC)NC(=O)C1CN(C(=O)c2nnn(-c3cccc([N+](=O)[O-])c3)c2C)c2ccccc2O1. The predicted octanol–water partition coefficient (Wildman–Crippen LogP) is 3.20. The maximum absolute atomic E-state index is 13.6. The molecule has 2 aromatic carbocycles. The number of carbonyl (C=O) groups excluding carboxylic acids is 2. The van der Waals surface area contributed by atoms with Gasteiger partial charge in [0.25, 0.3) is 17.5 Å². The normalized spacial score (nSPS) is 14.9. The van der Waals surface area contributed by atoms with Gasteiger partial charge in [0.2, 0.25) is 0 Å². The van der Waals surface area contributed by atoms with Crippen molar-refractivity contribution in [2.45, 2.75) is 45.8 Å². The molecule has 0 fully saturated rings. The van der Waals surface area contributed by atoms with Crippen molar-refractivity contribution in [3.05, 3.63) is 70.0 Å². The first-order valence-electron chi connectivity index (χ1n) is 11.4. The van der Waals surface area contributed by atoms with Crippen LogP contribution in [0, 0.1) is 17.0 Å². The van der Waals surface area contributed by atoms with Crippen LogP contribution in [0.4, 0.5) is 11.4 Å². The molecule has 0 saturated carbocycles. The van der Waals surface area contributed by atoms with Crippen LogP contribution in [0.15, 0.2) is 48.5 Å². The minimum absolute atomic E-state index is 0.00490. The summed E-state index contributed by atoms with van der Waals surface area (Å²) in [7, 11) is 0. The van der Waals surface area contributed by atoms with Crippen molar-refractivity contribution in [1.82, 2.24) is 20.3 Å². The summed E-state index contributed by atoms with van der Waals surface area (Å²) in [4.78, 5) is 38.7. The van der Waals surface area contributed by atoms with Crippen molar-refractivity contribution < 1.29 is 19.2 Å². The minimum Gasteiger partial charge on any atom is -0.477 e. The van der Waals surface area contributed by atoms with Crippen LogP contribution >= 0.6 is 0 Å². The Kier molecular flexibility index (Phi) is 6.76. The summed E-state index contributed by atoms with van der Waals surface area (Å²) in [6, 6.07) is 12.9. The summed E-state index contributed by atoms with van der Waals surface area (Å²) in [5.41, 5.74) is 1.32. The Bertz CT molecular complexity index is 1270. The number of ether oxygens (including phenoxy) is 1. The Morgan fingerprint density at radius 3 is 2.66 bits per heavy atom. The fourth-order valence-electron chi connectivity index (χ4n) is 3.99. The zero-order chi connectivity index (χ0) is 25.1. The Labute approximate surface area is 201 Å². The summed E-state index contributed by atoms with van der Waals surface area (Å²) in [5, 5.41) is 22.3. The highest BCUT2D eigenvalue weighted by Crippen LogP contribution is 2.34. The number of hydrogen-bond acceptors (Lipinski definition) is 7. The molecule has 11 nitrogen and oxygen atoms in total. The number of para-hydroxylation sites is 2. The molecule has 1 aromatic heterocycles. The van der Waals surface area contributed by atoms with Gasteiger partial charge in [0.15, 0.2) is 11.8 Å². The molecule has 182 valence electrons. The van der Waals surface area contributed by atoms with Gasteiger partial charge in [-0.2, -0.15) is 0 Å². The molecule has 11 heteroatoms. The van der Waals surface area contributed by atoms with Crippen molar-refractivity contribution >= 4 is 23.2 Å². The van der Waals surface area contributed by atoms with Gasteiger partial charge in [0.1, 0.15) is 5.75 Å².